The van der Waals surface area contributed by atoms with Gasteiger partial charge in [0.2, 0.25) is 0 Å². The summed E-state index contributed by atoms with van der Waals surface area (Å²) in [6.45, 7) is 10.7. The van der Waals surface area contributed by atoms with Crippen LogP contribution >= 0.6 is 0 Å². The number of hydrogen-bond donors (Lipinski definition) is 1. The molecule has 0 aliphatic carbocycles. The van der Waals surface area contributed by atoms with Crippen molar-refractivity contribution in [3.63, 3.8) is 0 Å². The average molecular weight is 260 g/mol. The van der Waals surface area contributed by atoms with Crippen LogP contribution in [0.5, 0.6) is 0 Å². The van der Waals surface area contributed by atoms with E-state index >= 15 is 0 Å². The second-order valence-corrected chi connectivity index (χ2v) is 6.20. The lowest BCUT2D eigenvalue weighted by atomic mass is 9.99. The molecular formula is C17H28N2. The molecule has 1 aliphatic rings. The lowest BCUT2D eigenvalue weighted by Crippen LogP contribution is -2.27. The predicted molar refractivity (Wildman–Crippen MR) is 82.4 cm³/mol. The molecule has 0 aromatic heterocycles. The topological polar surface area (TPSA) is 15.3 Å². The molecule has 1 saturated heterocycles. The molecule has 3 unspecified atom stereocenters. The van der Waals surface area contributed by atoms with Gasteiger partial charge in [-0.25, -0.2) is 0 Å². The van der Waals surface area contributed by atoms with Crippen molar-refractivity contribution in [2.24, 2.45) is 11.8 Å². The lowest BCUT2D eigenvalue weighted by molar-refractivity contribution is 0.301. The highest BCUT2D eigenvalue weighted by Crippen LogP contribution is 2.25. The summed E-state index contributed by atoms with van der Waals surface area (Å²) in [6.07, 6.45) is 1.20. The molecule has 1 aromatic rings. The fourth-order valence-electron chi connectivity index (χ4n) is 3.18. The molecule has 1 aromatic carbocycles. The summed E-state index contributed by atoms with van der Waals surface area (Å²) in [6, 6.07) is 9.21. The maximum atomic E-state index is 3.48. The average Bonchev–Trinajstić information content (AvgIpc) is 2.71. The highest BCUT2D eigenvalue weighted by molar-refractivity contribution is 5.28. The van der Waals surface area contributed by atoms with Gasteiger partial charge < -0.3 is 10.2 Å². The highest BCUT2D eigenvalue weighted by atomic mass is 15.2. The molecule has 0 saturated carbocycles. The summed E-state index contributed by atoms with van der Waals surface area (Å²) >= 11 is 0. The van der Waals surface area contributed by atoms with Gasteiger partial charge in [0, 0.05) is 19.1 Å². The third-order valence-electron chi connectivity index (χ3n) is 4.71. The van der Waals surface area contributed by atoms with Crippen molar-refractivity contribution in [1.82, 2.24) is 10.2 Å². The van der Waals surface area contributed by atoms with Crippen LogP contribution in [-0.4, -0.2) is 31.6 Å². The normalized spacial score (nSPS) is 25.7. The zero-order valence-corrected chi connectivity index (χ0v) is 12.8. The van der Waals surface area contributed by atoms with Gasteiger partial charge in [0.05, 0.1) is 0 Å². The van der Waals surface area contributed by atoms with E-state index in [1.165, 1.54) is 37.2 Å². The fraction of sp³-hybridized carbons (Fsp3) is 0.647. The second-order valence-electron chi connectivity index (χ2n) is 6.20. The van der Waals surface area contributed by atoms with Gasteiger partial charge >= 0.3 is 0 Å². The van der Waals surface area contributed by atoms with Gasteiger partial charge in [-0.15, -0.1) is 0 Å². The van der Waals surface area contributed by atoms with E-state index in [2.05, 4.69) is 62.3 Å². The van der Waals surface area contributed by atoms with E-state index in [0.717, 1.165) is 11.8 Å². The quantitative estimate of drug-likeness (QED) is 0.874. The van der Waals surface area contributed by atoms with Crippen molar-refractivity contribution in [1.29, 1.82) is 0 Å². The van der Waals surface area contributed by atoms with E-state index < -0.39 is 0 Å². The van der Waals surface area contributed by atoms with Gasteiger partial charge in [-0.1, -0.05) is 38.1 Å². The van der Waals surface area contributed by atoms with Crippen LogP contribution in [0.25, 0.3) is 0 Å². The fourth-order valence-corrected chi connectivity index (χ4v) is 3.18. The standard InChI is InChI=1S/C17H28N2/c1-13-7-5-6-8-16(13)17(18-4)9-10-19-11-14(2)15(3)12-19/h5-8,14-15,17-18H,9-12H2,1-4H3. The van der Waals surface area contributed by atoms with Crippen molar-refractivity contribution in [2.75, 3.05) is 26.7 Å². The summed E-state index contributed by atoms with van der Waals surface area (Å²) in [5.74, 6) is 1.71. The van der Waals surface area contributed by atoms with E-state index in [4.69, 9.17) is 0 Å². The molecule has 0 bridgehead atoms. The number of likely N-dealkylation sites (tertiary alicyclic amines) is 1. The van der Waals surface area contributed by atoms with Crippen LogP contribution in [0.4, 0.5) is 0 Å². The summed E-state index contributed by atoms with van der Waals surface area (Å²) in [7, 11) is 2.08. The van der Waals surface area contributed by atoms with E-state index in [1.807, 2.05) is 0 Å². The van der Waals surface area contributed by atoms with Crippen LogP contribution in [-0.2, 0) is 0 Å². The monoisotopic (exact) mass is 260 g/mol. The van der Waals surface area contributed by atoms with Crippen LogP contribution in [0.2, 0.25) is 0 Å². The molecule has 0 spiro atoms. The molecule has 1 heterocycles. The number of nitrogens with zero attached hydrogens (tertiary/aromatic N) is 1. The van der Waals surface area contributed by atoms with Crippen molar-refractivity contribution in [3.05, 3.63) is 35.4 Å². The molecule has 1 fully saturated rings. The molecule has 106 valence electrons. The molecule has 0 amide bonds. The summed E-state index contributed by atoms with van der Waals surface area (Å²) in [5, 5.41) is 3.48. The molecule has 1 N–H and O–H groups in total. The second kappa shape index (κ2) is 6.53. The van der Waals surface area contributed by atoms with Crippen LogP contribution in [0.3, 0.4) is 0 Å². The third kappa shape index (κ3) is 3.58. The zero-order chi connectivity index (χ0) is 13.8. The van der Waals surface area contributed by atoms with Gasteiger partial charge in [0.15, 0.2) is 0 Å². The summed E-state index contributed by atoms with van der Waals surface area (Å²) in [4.78, 5) is 2.62. The highest BCUT2D eigenvalue weighted by Gasteiger charge is 2.26. The van der Waals surface area contributed by atoms with Crippen molar-refractivity contribution < 1.29 is 0 Å². The Balaban J connectivity index is 1.92. The third-order valence-corrected chi connectivity index (χ3v) is 4.71. The molecule has 19 heavy (non-hydrogen) atoms. The molecule has 2 nitrogen and oxygen atoms in total. The van der Waals surface area contributed by atoms with Gasteiger partial charge in [0.25, 0.3) is 0 Å². The molecule has 1 aliphatic heterocycles. The number of hydrogen-bond acceptors (Lipinski definition) is 2. The van der Waals surface area contributed by atoms with Crippen LogP contribution < -0.4 is 5.32 Å². The van der Waals surface area contributed by atoms with Gasteiger partial charge in [-0.05, 0) is 49.9 Å². The molecular weight excluding hydrogens is 232 g/mol. The Bertz CT molecular complexity index is 392. The number of benzene rings is 1. The van der Waals surface area contributed by atoms with Gasteiger partial charge in [-0.3, -0.25) is 0 Å². The Labute approximate surface area is 118 Å². The first-order valence-electron chi connectivity index (χ1n) is 7.57. The first-order chi connectivity index (χ1) is 9.11. The zero-order valence-electron chi connectivity index (χ0n) is 12.8. The maximum Gasteiger partial charge on any atom is 0.0332 e. The Morgan fingerprint density at radius 3 is 2.42 bits per heavy atom. The van der Waals surface area contributed by atoms with E-state index in [9.17, 15) is 0 Å². The number of rotatable bonds is 5. The summed E-state index contributed by atoms with van der Waals surface area (Å²) < 4.78 is 0. The van der Waals surface area contributed by atoms with Gasteiger partial charge in [0.1, 0.15) is 0 Å². The SMILES string of the molecule is CNC(CCN1CC(C)C(C)C1)c1ccccc1C. The first-order valence-corrected chi connectivity index (χ1v) is 7.57. The molecule has 2 rings (SSSR count). The van der Waals surface area contributed by atoms with Crippen LogP contribution in [0, 0.1) is 18.8 Å². The Morgan fingerprint density at radius 1 is 1.21 bits per heavy atom. The Morgan fingerprint density at radius 2 is 1.84 bits per heavy atom. The molecule has 3 atom stereocenters. The van der Waals surface area contributed by atoms with Crippen LogP contribution in [0.1, 0.15) is 37.4 Å². The molecule has 2 heteroatoms. The van der Waals surface area contributed by atoms with Gasteiger partial charge in [-0.2, -0.15) is 0 Å². The minimum Gasteiger partial charge on any atom is -0.313 e. The Kier molecular flexibility index (Phi) is 5.00. The first kappa shape index (κ1) is 14.5. The largest absolute Gasteiger partial charge is 0.313 e. The minimum absolute atomic E-state index is 0.479. The predicted octanol–water partition coefficient (Wildman–Crippen LogP) is 3.23. The van der Waals surface area contributed by atoms with Crippen LogP contribution in [0.15, 0.2) is 24.3 Å². The van der Waals surface area contributed by atoms with Crippen molar-refractivity contribution >= 4 is 0 Å². The minimum atomic E-state index is 0.479. The number of nitrogens with one attached hydrogen (secondary N) is 1. The Hall–Kier alpha value is -0.860. The maximum absolute atomic E-state index is 3.48. The van der Waals surface area contributed by atoms with E-state index in [1.54, 1.807) is 0 Å². The van der Waals surface area contributed by atoms with Crippen molar-refractivity contribution in [3.8, 4) is 0 Å². The van der Waals surface area contributed by atoms with E-state index in [-0.39, 0.29) is 0 Å². The number of aryl methyl sites for hydroxylation is 1. The van der Waals surface area contributed by atoms with Crippen molar-refractivity contribution in [2.45, 2.75) is 33.2 Å². The molecule has 0 radical (unpaired) electrons. The smallest absolute Gasteiger partial charge is 0.0332 e. The van der Waals surface area contributed by atoms with E-state index in [0.29, 0.717) is 6.04 Å². The summed E-state index contributed by atoms with van der Waals surface area (Å²) in [5.41, 5.74) is 2.84. The lowest BCUT2D eigenvalue weighted by Gasteiger charge is -2.22.